The molecule has 0 aromatic heterocycles. The van der Waals surface area contributed by atoms with Crippen LogP contribution in [0.4, 0.5) is 10.5 Å². The van der Waals surface area contributed by atoms with Crippen molar-refractivity contribution in [3.63, 3.8) is 0 Å². The van der Waals surface area contributed by atoms with Crippen molar-refractivity contribution in [2.45, 2.75) is 19.9 Å². The van der Waals surface area contributed by atoms with E-state index in [1.54, 1.807) is 12.0 Å². The van der Waals surface area contributed by atoms with Crippen molar-refractivity contribution >= 4 is 29.3 Å². The number of nitrogens with zero attached hydrogens (tertiary/aromatic N) is 1. The molecule has 7 heteroatoms. The number of amides is 2. The SMILES string of the molecule is COCCN(C(=O)Nc1ccc(C(=O)O)cc1Cl)C(C)C. The van der Waals surface area contributed by atoms with Crippen LogP contribution in [0.1, 0.15) is 24.2 Å². The number of carbonyl (C=O) groups excluding carboxylic acids is 1. The van der Waals surface area contributed by atoms with Crippen LogP contribution >= 0.6 is 11.6 Å². The molecule has 0 aliphatic rings. The molecule has 0 aliphatic heterocycles. The average Bonchev–Trinajstić information content (AvgIpc) is 2.40. The van der Waals surface area contributed by atoms with Crippen LogP contribution in [0.15, 0.2) is 18.2 Å². The average molecular weight is 315 g/mol. The molecule has 0 saturated carbocycles. The fourth-order valence-corrected chi connectivity index (χ4v) is 1.95. The zero-order chi connectivity index (χ0) is 16.0. The van der Waals surface area contributed by atoms with Crippen molar-refractivity contribution < 1.29 is 19.4 Å². The van der Waals surface area contributed by atoms with Gasteiger partial charge in [0, 0.05) is 19.7 Å². The predicted octanol–water partition coefficient (Wildman–Crippen LogP) is 2.93. The van der Waals surface area contributed by atoms with Gasteiger partial charge in [0.15, 0.2) is 0 Å². The number of hydrogen-bond donors (Lipinski definition) is 2. The summed E-state index contributed by atoms with van der Waals surface area (Å²) in [5.41, 5.74) is 0.438. The minimum Gasteiger partial charge on any atom is -0.478 e. The standard InChI is InChI=1S/C14H19ClN2O4/c1-9(2)17(6-7-21-3)14(20)16-12-5-4-10(13(18)19)8-11(12)15/h4-5,8-9H,6-7H2,1-3H3,(H,16,20)(H,18,19). The molecule has 1 aromatic carbocycles. The second-order valence-corrected chi connectivity index (χ2v) is 5.12. The highest BCUT2D eigenvalue weighted by Crippen LogP contribution is 2.23. The van der Waals surface area contributed by atoms with E-state index in [9.17, 15) is 9.59 Å². The Morgan fingerprint density at radius 2 is 2.10 bits per heavy atom. The Labute approximate surface area is 128 Å². The molecule has 2 amide bonds. The summed E-state index contributed by atoms with van der Waals surface area (Å²) in [5.74, 6) is -1.07. The summed E-state index contributed by atoms with van der Waals surface area (Å²) in [6, 6.07) is 3.84. The fourth-order valence-electron chi connectivity index (χ4n) is 1.72. The molecule has 1 rings (SSSR count). The lowest BCUT2D eigenvalue weighted by molar-refractivity contribution is 0.0697. The van der Waals surface area contributed by atoms with Gasteiger partial charge in [0.1, 0.15) is 0 Å². The number of aromatic carboxylic acids is 1. The van der Waals surface area contributed by atoms with Gasteiger partial charge < -0.3 is 20.1 Å². The first-order valence-corrected chi connectivity index (χ1v) is 6.84. The second-order valence-electron chi connectivity index (χ2n) is 4.71. The summed E-state index contributed by atoms with van der Waals surface area (Å²) in [6.45, 7) is 4.66. The molecule has 0 aliphatic carbocycles. The Kier molecular flexibility index (Phi) is 6.45. The Bertz CT molecular complexity index is 520. The molecule has 1 aromatic rings. The van der Waals surface area contributed by atoms with E-state index in [0.29, 0.717) is 18.8 Å². The van der Waals surface area contributed by atoms with Crippen molar-refractivity contribution in [3.05, 3.63) is 28.8 Å². The third-order valence-corrected chi connectivity index (χ3v) is 3.19. The smallest absolute Gasteiger partial charge is 0.335 e. The molecular weight excluding hydrogens is 296 g/mol. The molecule has 0 atom stereocenters. The topological polar surface area (TPSA) is 78.9 Å². The van der Waals surface area contributed by atoms with Gasteiger partial charge in [-0.05, 0) is 32.0 Å². The van der Waals surface area contributed by atoms with E-state index in [2.05, 4.69) is 5.32 Å². The fraction of sp³-hybridized carbons (Fsp3) is 0.429. The van der Waals surface area contributed by atoms with E-state index in [0.717, 1.165) is 0 Å². The number of anilines is 1. The molecule has 2 N–H and O–H groups in total. The summed E-state index contributed by atoms with van der Waals surface area (Å²) in [5, 5.41) is 11.7. The first-order valence-electron chi connectivity index (χ1n) is 6.46. The maximum Gasteiger partial charge on any atom is 0.335 e. The van der Waals surface area contributed by atoms with E-state index in [-0.39, 0.29) is 22.7 Å². The highest BCUT2D eigenvalue weighted by atomic mass is 35.5. The molecule has 116 valence electrons. The van der Waals surface area contributed by atoms with Gasteiger partial charge in [-0.2, -0.15) is 0 Å². The Balaban J connectivity index is 2.83. The molecule has 0 unspecified atom stereocenters. The van der Waals surface area contributed by atoms with Crippen LogP contribution < -0.4 is 5.32 Å². The van der Waals surface area contributed by atoms with Crippen molar-refractivity contribution in [1.29, 1.82) is 0 Å². The van der Waals surface area contributed by atoms with Crippen LogP contribution in [0.25, 0.3) is 0 Å². The maximum atomic E-state index is 12.2. The number of nitrogens with one attached hydrogen (secondary N) is 1. The number of carboxylic acids is 1. The molecule has 0 spiro atoms. The van der Waals surface area contributed by atoms with Crippen LogP contribution in [-0.4, -0.2) is 48.3 Å². The van der Waals surface area contributed by atoms with Crippen LogP contribution in [0.2, 0.25) is 5.02 Å². The van der Waals surface area contributed by atoms with E-state index < -0.39 is 5.97 Å². The molecule has 0 radical (unpaired) electrons. The van der Waals surface area contributed by atoms with Crippen LogP contribution in [0.3, 0.4) is 0 Å². The third-order valence-electron chi connectivity index (χ3n) is 2.88. The summed E-state index contributed by atoms with van der Waals surface area (Å²) in [7, 11) is 1.57. The Morgan fingerprint density at radius 3 is 2.57 bits per heavy atom. The molecule has 6 nitrogen and oxygen atoms in total. The Morgan fingerprint density at radius 1 is 1.43 bits per heavy atom. The van der Waals surface area contributed by atoms with E-state index in [1.165, 1.54) is 18.2 Å². The number of carboxylic acid groups (broad SMARTS) is 1. The zero-order valence-corrected chi connectivity index (χ0v) is 13.0. The van der Waals surface area contributed by atoms with E-state index in [4.69, 9.17) is 21.4 Å². The maximum absolute atomic E-state index is 12.2. The molecule has 0 bridgehead atoms. The van der Waals surface area contributed by atoms with Gasteiger partial charge in [0.25, 0.3) is 0 Å². The second kappa shape index (κ2) is 7.85. The van der Waals surface area contributed by atoms with Crippen LogP contribution in [-0.2, 0) is 4.74 Å². The molecule has 0 heterocycles. The number of benzene rings is 1. The number of rotatable bonds is 6. The number of halogens is 1. The lowest BCUT2D eigenvalue weighted by Crippen LogP contribution is -2.42. The first kappa shape index (κ1) is 17.3. The quantitative estimate of drug-likeness (QED) is 0.846. The van der Waals surface area contributed by atoms with E-state index >= 15 is 0 Å². The summed E-state index contributed by atoms with van der Waals surface area (Å²) in [4.78, 5) is 24.7. The van der Waals surface area contributed by atoms with Gasteiger partial charge in [-0.15, -0.1) is 0 Å². The zero-order valence-electron chi connectivity index (χ0n) is 12.2. The predicted molar refractivity (Wildman–Crippen MR) is 81.1 cm³/mol. The van der Waals surface area contributed by atoms with Crippen LogP contribution in [0.5, 0.6) is 0 Å². The van der Waals surface area contributed by atoms with Gasteiger partial charge in [0.2, 0.25) is 0 Å². The van der Waals surface area contributed by atoms with Crippen molar-refractivity contribution in [3.8, 4) is 0 Å². The number of ether oxygens (including phenoxy) is 1. The van der Waals surface area contributed by atoms with Gasteiger partial charge >= 0.3 is 12.0 Å². The van der Waals surface area contributed by atoms with Gasteiger partial charge in [-0.1, -0.05) is 11.6 Å². The van der Waals surface area contributed by atoms with Gasteiger partial charge in [-0.25, -0.2) is 9.59 Å². The minimum absolute atomic E-state index is 0.00258. The monoisotopic (exact) mass is 314 g/mol. The number of carbonyl (C=O) groups is 2. The normalized spacial score (nSPS) is 10.5. The van der Waals surface area contributed by atoms with Crippen LogP contribution in [0, 0.1) is 0 Å². The third kappa shape index (κ3) is 4.91. The largest absolute Gasteiger partial charge is 0.478 e. The van der Waals surface area contributed by atoms with Gasteiger partial charge in [0.05, 0.1) is 22.9 Å². The summed E-state index contributed by atoms with van der Waals surface area (Å²) >= 11 is 5.98. The number of methoxy groups -OCH3 is 1. The number of hydrogen-bond acceptors (Lipinski definition) is 3. The molecule has 0 saturated heterocycles. The minimum atomic E-state index is -1.07. The summed E-state index contributed by atoms with van der Waals surface area (Å²) < 4.78 is 4.98. The van der Waals surface area contributed by atoms with E-state index in [1.807, 2.05) is 13.8 Å². The molecular formula is C14H19ClN2O4. The number of urea groups is 1. The highest BCUT2D eigenvalue weighted by molar-refractivity contribution is 6.34. The van der Waals surface area contributed by atoms with Crippen molar-refractivity contribution in [1.82, 2.24) is 4.90 Å². The van der Waals surface area contributed by atoms with Gasteiger partial charge in [-0.3, -0.25) is 0 Å². The molecule has 21 heavy (non-hydrogen) atoms. The summed E-state index contributed by atoms with van der Waals surface area (Å²) in [6.07, 6.45) is 0. The van der Waals surface area contributed by atoms with Crippen molar-refractivity contribution in [2.24, 2.45) is 0 Å². The molecule has 0 fully saturated rings. The first-order chi connectivity index (χ1) is 9.86. The highest BCUT2D eigenvalue weighted by Gasteiger charge is 2.18. The van der Waals surface area contributed by atoms with Crippen molar-refractivity contribution in [2.75, 3.05) is 25.6 Å². The Hall–Kier alpha value is -1.79. The lowest BCUT2D eigenvalue weighted by atomic mass is 10.2. The lowest BCUT2D eigenvalue weighted by Gasteiger charge is -2.26.